The van der Waals surface area contributed by atoms with E-state index in [-0.39, 0.29) is 6.42 Å². The van der Waals surface area contributed by atoms with Gasteiger partial charge in [0.15, 0.2) is 0 Å². The molecular formula is C13H12ClF2N3. The molecule has 0 saturated heterocycles. The first-order valence-electron chi connectivity index (χ1n) is 5.61. The van der Waals surface area contributed by atoms with Gasteiger partial charge in [-0.25, -0.2) is 8.78 Å². The summed E-state index contributed by atoms with van der Waals surface area (Å²) in [6.45, 7) is 0. The summed E-state index contributed by atoms with van der Waals surface area (Å²) in [7, 11) is 0. The van der Waals surface area contributed by atoms with Gasteiger partial charge in [0, 0.05) is 16.8 Å². The molecule has 1 unspecified atom stereocenters. The Morgan fingerprint density at radius 2 is 2.05 bits per heavy atom. The van der Waals surface area contributed by atoms with Crippen molar-refractivity contribution in [2.75, 3.05) is 0 Å². The molecule has 0 spiro atoms. The van der Waals surface area contributed by atoms with E-state index < -0.39 is 17.7 Å². The molecule has 1 atom stereocenters. The maximum Gasteiger partial charge on any atom is 0.146 e. The summed E-state index contributed by atoms with van der Waals surface area (Å²) >= 11 is 5.82. The van der Waals surface area contributed by atoms with Crippen molar-refractivity contribution in [2.24, 2.45) is 5.84 Å². The SMILES string of the molecule is NNC(Cc1cc(Cl)ccc1F)c1ccncc1F. The van der Waals surface area contributed by atoms with Crippen LogP contribution in [0.1, 0.15) is 17.2 Å². The van der Waals surface area contributed by atoms with Gasteiger partial charge in [-0.1, -0.05) is 11.6 Å². The predicted octanol–water partition coefficient (Wildman–Crippen LogP) is 2.76. The van der Waals surface area contributed by atoms with Gasteiger partial charge in [-0.15, -0.1) is 0 Å². The van der Waals surface area contributed by atoms with E-state index in [1.54, 1.807) is 0 Å². The van der Waals surface area contributed by atoms with Gasteiger partial charge in [0.1, 0.15) is 11.6 Å². The second-order valence-corrected chi connectivity index (χ2v) is 4.49. The van der Waals surface area contributed by atoms with E-state index in [9.17, 15) is 8.78 Å². The van der Waals surface area contributed by atoms with Crippen molar-refractivity contribution in [3.05, 3.63) is 64.4 Å². The Hall–Kier alpha value is -1.56. The number of nitrogens with one attached hydrogen (secondary N) is 1. The van der Waals surface area contributed by atoms with Crippen molar-refractivity contribution in [1.82, 2.24) is 10.4 Å². The highest BCUT2D eigenvalue weighted by atomic mass is 35.5. The summed E-state index contributed by atoms with van der Waals surface area (Å²) in [5.74, 6) is 4.52. The number of pyridine rings is 1. The van der Waals surface area contributed by atoms with E-state index in [1.165, 1.54) is 30.5 Å². The highest BCUT2D eigenvalue weighted by Gasteiger charge is 2.17. The third-order valence-corrected chi connectivity index (χ3v) is 3.05. The van der Waals surface area contributed by atoms with Crippen LogP contribution in [-0.4, -0.2) is 4.98 Å². The number of benzene rings is 1. The number of hydrogen-bond acceptors (Lipinski definition) is 3. The molecule has 1 aromatic carbocycles. The summed E-state index contributed by atoms with van der Waals surface area (Å²) in [4.78, 5) is 3.66. The number of hydrazine groups is 1. The van der Waals surface area contributed by atoms with E-state index in [1.807, 2.05) is 0 Å². The Morgan fingerprint density at radius 3 is 2.74 bits per heavy atom. The number of aromatic nitrogens is 1. The van der Waals surface area contributed by atoms with Crippen molar-refractivity contribution in [3.63, 3.8) is 0 Å². The van der Waals surface area contributed by atoms with Gasteiger partial charge in [0.05, 0.1) is 12.2 Å². The van der Waals surface area contributed by atoms with E-state index in [4.69, 9.17) is 17.4 Å². The molecule has 0 amide bonds. The maximum atomic E-state index is 13.6. The molecule has 1 heterocycles. The highest BCUT2D eigenvalue weighted by molar-refractivity contribution is 6.30. The molecule has 2 aromatic rings. The zero-order chi connectivity index (χ0) is 13.8. The summed E-state index contributed by atoms with van der Waals surface area (Å²) in [6.07, 6.45) is 2.73. The van der Waals surface area contributed by atoms with Crippen LogP contribution in [0.15, 0.2) is 36.7 Å². The summed E-state index contributed by atoms with van der Waals surface area (Å²) < 4.78 is 27.3. The number of halogens is 3. The largest absolute Gasteiger partial charge is 0.271 e. The van der Waals surface area contributed by atoms with Gasteiger partial charge in [0.2, 0.25) is 0 Å². The fourth-order valence-corrected chi connectivity index (χ4v) is 2.04. The monoisotopic (exact) mass is 283 g/mol. The Bertz CT molecular complexity index is 578. The lowest BCUT2D eigenvalue weighted by Gasteiger charge is -2.17. The van der Waals surface area contributed by atoms with Gasteiger partial charge in [0.25, 0.3) is 0 Å². The number of rotatable bonds is 4. The van der Waals surface area contributed by atoms with Crippen LogP contribution in [0.25, 0.3) is 0 Å². The zero-order valence-corrected chi connectivity index (χ0v) is 10.7. The molecule has 0 saturated carbocycles. The Kier molecular flexibility index (Phi) is 4.42. The normalized spacial score (nSPS) is 12.4. The van der Waals surface area contributed by atoms with Crippen LogP contribution < -0.4 is 11.3 Å². The molecule has 0 aliphatic heterocycles. The quantitative estimate of drug-likeness (QED) is 0.670. The minimum atomic E-state index is -0.559. The lowest BCUT2D eigenvalue weighted by molar-refractivity contribution is 0.496. The first-order chi connectivity index (χ1) is 9.11. The minimum absolute atomic E-state index is 0.184. The van der Waals surface area contributed by atoms with Crippen LogP contribution in [0.2, 0.25) is 5.02 Å². The molecule has 3 N–H and O–H groups in total. The fraction of sp³-hybridized carbons (Fsp3) is 0.154. The fourth-order valence-electron chi connectivity index (χ4n) is 1.85. The summed E-state index contributed by atoms with van der Waals surface area (Å²) in [5.41, 5.74) is 3.17. The van der Waals surface area contributed by atoms with Crippen LogP contribution in [0.4, 0.5) is 8.78 Å². The third kappa shape index (κ3) is 3.26. The van der Waals surface area contributed by atoms with Crippen molar-refractivity contribution in [3.8, 4) is 0 Å². The topological polar surface area (TPSA) is 50.9 Å². The molecule has 0 bridgehead atoms. The lowest BCUT2D eigenvalue weighted by Crippen LogP contribution is -2.30. The Labute approximate surface area is 114 Å². The first-order valence-corrected chi connectivity index (χ1v) is 5.99. The number of hydrogen-bond donors (Lipinski definition) is 2. The smallest absolute Gasteiger partial charge is 0.146 e. The molecule has 19 heavy (non-hydrogen) atoms. The van der Waals surface area contributed by atoms with E-state index in [0.717, 1.165) is 6.20 Å². The Morgan fingerprint density at radius 1 is 1.26 bits per heavy atom. The average molecular weight is 284 g/mol. The summed E-state index contributed by atoms with van der Waals surface area (Å²) in [6, 6.07) is 5.17. The van der Waals surface area contributed by atoms with Crippen molar-refractivity contribution in [2.45, 2.75) is 12.5 Å². The van der Waals surface area contributed by atoms with Gasteiger partial charge in [-0.2, -0.15) is 0 Å². The molecule has 6 heteroatoms. The molecule has 3 nitrogen and oxygen atoms in total. The molecule has 1 aromatic heterocycles. The Balaban J connectivity index is 2.29. The van der Waals surface area contributed by atoms with Crippen LogP contribution in [0.3, 0.4) is 0 Å². The second kappa shape index (κ2) is 6.06. The molecule has 100 valence electrons. The van der Waals surface area contributed by atoms with E-state index in [2.05, 4.69) is 10.4 Å². The van der Waals surface area contributed by atoms with Gasteiger partial charge >= 0.3 is 0 Å². The van der Waals surface area contributed by atoms with Crippen molar-refractivity contribution >= 4 is 11.6 Å². The van der Waals surface area contributed by atoms with Gasteiger partial charge in [-0.05, 0) is 36.2 Å². The highest BCUT2D eigenvalue weighted by Crippen LogP contribution is 2.23. The molecule has 0 aliphatic carbocycles. The molecule has 0 fully saturated rings. The second-order valence-electron chi connectivity index (χ2n) is 4.06. The molecule has 0 aliphatic rings. The van der Waals surface area contributed by atoms with E-state index in [0.29, 0.717) is 16.1 Å². The zero-order valence-electron chi connectivity index (χ0n) is 9.91. The predicted molar refractivity (Wildman–Crippen MR) is 69.4 cm³/mol. The number of nitrogens with two attached hydrogens (primary N) is 1. The van der Waals surface area contributed by atoms with Crippen LogP contribution in [0, 0.1) is 11.6 Å². The van der Waals surface area contributed by atoms with Crippen molar-refractivity contribution < 1.29 is 8.78 Å². The van der Waals surface area contributed by atoms with Gasteiger partial charge < -0.3 is 0 Å². The van der Waals surface area contributed by atoms with Crippen LogP contribution >= 0.6 is 11.6 Å². The van der Waals surface area contributed by atoms with Crippen LogP contribution in [-0.2, 0) is 6.42 Å². The molecule has 0 radical (unpaired) electrons. The number of nitrogens with zero attached hydrogens (tertiary/aromatic N) is 1. The average Bonchev–Trinajstić information content (AvgIpc) is 2.41. The first kappa shape index (κ1) is 13.9. The molecule has 2 rings (SSSR count). The minimum Gasteiger partial charge on any atom is -0.271 e. The lowest BCUT2D eigenvalue weighted by atomic mass is 9.99. The maximum absolute atomic E-state index is 13.6. The van der Waals surface area contributed by atoms with Crippen LogP contribution in [0.5, 0.6) is 0 Å². The molecular weight excluding hydrogens is 272 g/mol. The van der Waals surface area contributed by atoms with E-state index >= 15 is 0 Å². The standard InChI is InChI=1S/C13H12ClF2N3/c14-9-1-2-11(15)8(5-9)6-13(19-17)10-3-4-18-7-12(10)16/h1-5,7,13,19H,6,17H2. The van der Waals surface area contributed by atoms with Crippen molar-refractivity contribution in [1.29, 1.82) is 0 Å². The third-order valence-electron chi connectivity index (χ3n) is 2.81. The van der Waals surface area contributed by atoms with Gasteiger partial charge in [-0.3, -0.25) is 16.3 Å². The summed E-state index contributed by atoms with van der Waals surface area (Å²) in [5, 5.41) is 0.419.